The summed E-state index contributed by atoms with van der Waals surface area (Å²) in [6.45, 7) is 9.93. The molecule has 0 radical (unpaired) electrons. The van der Waals surface area contributed by atoms with Gasteiger partial charge in [0.25, 0.3) is 0 Å². The summed E-state index contributed by atoms with van der Waals surface area (Å²) in [5.41, 5.74) is 1.52. The third-order valence-corrected chi connectivity index (χ3v) is 6.46. The summed E-state index contributed by atoms with van der Waals surface area (Å²) in [4.78, 5) is 1.15. The van der Waals surface area contributed by atoms with E-state index in [4.69, 9.17) is 4.74 Å². The summed E-state index contributed by atoms with van der Waals surface area (Å²) >= 11 is 4.16. The molecule has 0 aromatic rings. The van der Waals surface area contributed by atoms with Gasteiger partial charge >= 0.3 is 152 Å². The Hall–Kier alpha value is -0.0157. The first kappa shape index (κ1) is 18.3. The van der Waals surface area contributed by atoms with Crippen LogP contribution in [0.1, 0.15) is 53.4 Å². The maximum atomic E-state index is 6.54. The van der Waals surface area contributed by atoms with Crippen LogP contribution in [0.2, 0.25) is 0 Å². The zero-order valence-corrected chi connectivity index (χ0v) is 16.6. The van der Waals surface area contributed by atoms with E-state index in [0.717, 1.165) is 25.9 Å². The van der Waals surface area contributed by atoms with Crippen molar-refractivity contribution in [1.82, 2.24) is 0 Å². The minimum atomic E-state index is -0.243. The zero-order chi connectivity index (χ0) is 16.2. The summed E-state index contributed by atoms with van der Waals surface area (Å²) in [7, 11) is 0. The number of rotatable bonds is 6. The van der Waals surface area contributed by atoms with Crippen LogP contribution >= 0.6 is 11.8 Å². The topological polar surface area (TPSA) is 9.23 Å². The summed E-state index contributed by atoms with van der Waals surface area (Å²) in [5.74, 6) is 0. The SMILES string of the molecule is CCCCOC1(SC2=[C]([Ti])CC=C2)CC=CC=C1C(C)(C)C. The van der Waals surface area contributed by atoms with Crippen molar-refractivity contribution in [2.24, 2.45) is 5.41 Å². The van der Waals surface area contributed by atoms with Gasteiger partial charge in [-0.15, -0.1) is 0 Å². The second kappa shape index (κ2) is 7.70. The van der Waals surface area contributed by atoms with E-state index >= 15 is 0 Å². The monoisotopic (exact) mass is 351 g/mol. The van der Waals surface area contributed by atoms with Crippen molar-refractivity contribution >= 4 is 11.8 Å². The fraction of sp³-hybridized carbons (Fsp3) is 0.579. The van der Waals surface area contributed by atoms with Gasteiger partial charge in [0.2, 0.25) is 0 Å². The fourth-order valence-corrected chi connectivity index (χ4v) is 4.93. The second-order valence-corrected chi connectivity index (χ2v) is 9.21. The normalized spacial score (nSPS) is 25.0. The Kier molecular flexibility index (Phi) is 6.42. The van der Waals surface area contributed by atoms with Gasteiger partial charge in [-0.2, -0.15) is 0 Å². The Morgan fingerprint density at radius 1 is 1.32 bits per heavy atom. The molecule has 22 heavy (non-hydrogen) atoms. The van der Waals surface area contributed by atoms with Gasteiger partial charge in [0.05, 0.1) is 0 Å². The van der Waals surface area contributed by atoms with Crippen LogP contribution in [0.4, 0.5) is 0 Å². The summed E-state index contributed by atoms with van der Waals surface area (Å²) in [6, 6.07) is 0. The molecule has 0 fully saturated rings. The Bertz CT molecular complexity index is 522. The molecule has 1 atom stereocenters. The molecule has 2 aliphatic carbocycles. The van der Waals surface area contributed by atoms with Crippen molar-refractivity contribution in [3.63, 3.8) is 0 Å². The van der Waals surface area contributed by atoms with E-state index in [1.165, 1.54) is 20.8 Å². The third-order valence-electron chi connectivity index (χ3n) is 4.00. The predicted molar refractivity (Wildman–Crippen MR) is 93.3 cm³/mol. The number of allylic oxidation sites excluding steroid dienone is 5. The van der Waals surface area contributed by atoms with Crippen LogP contribution in [0.15, 0.2) is 44.7 Å². The standard InChI is InChI=1S/C19H27OS.Ti/c1-5-6-15-20-19(21-16-11-7-8-12-16)14-10-9-13-17(19)18(2,3)4;/h7,9-11,13H,5-6,8,14-15H2,1-4H3;. The average Bonchev–Trinajstić information content (AvgIpc) is 2.84. The van der Waals surface area contributed by atoms with Crippen LogP contribution in [0, 0.1) is 5.41 Å². The number of ether oxygens (including phenoxy) is 1. The van der Waals surface area contributed by atoms with Gasteiger partial charge in [0, 0.05) is 0 Å². The van der Waals surface area contributed by atoms with Crippen LogP contribution in [-0.4, -0.2) is 11.5 Å². The van der Waals surface area contributed by atoms with Crippen molar-refractivity contribution in [3.8, 4) is 0 Å². The molecule has 0 heterocycles. The fourth-order valence-electron chi connectivity index (χ4n) is 2.85. The molecule has 3 heteroatoms. The second-order valence-electron chi connectivity index (χ2n) is 6.97. The van der Waals surface area contributed by atoms with E-state index in [1.54, 1.807) is 0 Å². The summed E-state index contributed by atoms with van der Waals surface area (Å²) < 4.78 is 8.00. The molecule has 0 bridgehead atoms. The van der Waals surface area contributed by atoms with Gasteiger partial charge in [0.15, 0.2) is 0 Å². The molecule has 0 saturated heterocycles. The number of unbranched alkanes of at least 4 members (excludes halogenated alkanes) is 1. The van der Waals surface area contributed by atoms with Crippen LogP contribution in [0.25, 0.3) is 0 Å². The van der Waals surface area contributed by atoms with E-state index in [-0.39, 0.29) is 10.3 Å². The Morgan fingerprint density at radius 3 is 2.68 bits per heavy atom. The summed E-state index contributed by atoms with van der Waals surface area (Å²) in [5, 5.41) is 0. The first-order valence-electron chi connectivity index (χ1n) is 8.21. The third kappa shape index (κ3) is 4.29. The van der Waals surface area contributed by atoms with Crippen LogP contribution in [-0.2, 0) is 25.2 Å². The van der Waals surface area contributed by atoms with E-state index in [2.05, 4.69) is 78.5 Å². The first-order chi connectivity index (χ1) is 10.4. The van der Waals surface area contributed by atoms with Gasteiger partial charge < -0.3 is 0 Å². The van der Waals surface area contributed by atoms with Gasteiger partial charge in [-0.25, -0.2) is 0 Å². The molecule has 2 rings (SSSR count). The molecule has 0 N–H and O–H groups in total. The molecule has 1 nitrogen and oxygen atoms in total. The van der Waals surface area contributed by atoms with Gasteiger partial charge in [0.1, 0.15) is 0 Å². The van der Waals surface area contributed by atoms with Crippen molar-refractivity contribution in [2.75, 3.05) is 6.61 Å². The minimum absolute atomic E-state index is 0.112. The van der Waals surface area contributed by atoms with E-state index in [0.29, 0.717) is 0 Å². The Morgan fingerprint density at radius 2 is 2.09 bits per heavy atom. The summed E-state index contributed by atoms with van der Waals surface area (Å²) in [6.07, 6.45) is 15.6. The maximum absolute atomic E-state index is 6.54. The van der Waals surface area contributed by atoms with Crippen LogP contribution < -0.4 is 0 Å². The quantitative estimate of drug-likeness (QED) is 0.336. The molecular formula is C19H27OSTi. The van der Waals surface area contributed by atoms with E-state index < -0.39 is 0 Å². The average molecular weight is 351 g/mol. The number of hydrogen-bond acceptors (Lipinski definition) is 2. The van der Waals surface area contributed by atoms with Gasteiger partial charge in [-0.1, -0.05) is 0 Å². The first-order valence-corrected chi connectivity index (χ1v) is 9.81. The van der Waals surface area contributed by atoms with Gasteiger partial charge in [-0.05, 0) is 0 Å². The molecule has 0 aromatic carbocycles. The molecule has 1 unspecified atom stereocenters. The molecular weight excluding hydrogens is 324 g/mol. The molecule has 2 aliphatic rings. The predicted octanol–water partition coefficient (Wildman–Crippen LogP) is 5.88. The molecule has 0 amide bonds. The van der Waals surface area contributed by atoms with Crippen molar-refractivity contribution in [3.05, 3.63) is 44.7 Å². The molecule has 0 aromatic heterocycles. The Labute approximate surface area is 151 Å². The van der Waals surface area contributed by atoms with Crippen LogP contribution in [0.5, 0.6) is 0 Å². The van der Waals surface area contributed by atoms with Crippen molar-refractivity contribution in [1.29, 1.82) is 0 Å². The number of thioether (sulfide) groups is 1. The van der Waals surface area contributed by atoms with E-state index in [1.807, 2.05) is 11.8 Å². The van der Waals surface area contributed by atoms with Gasteiger partial charge in [-0.3, -0.25) is 0 Å². The van der Waals surface area contributed by atoms with Crippen molar-refractivity contribution < 1.29 is 25.2 Å². The van der Waals surface area contributed by atoms with Crippen LogP contribution in [0.3, 0.4) is 0 Å². The number of hydrogen-bond donors (Lipinski definition) is 0. The molecule has 0 aliphatic heterocycles. The Balaban J connectivity index is 2.32. The van der Waals surface area contributed by atoms with E-state index in [9.17, 15) is 0 Å². The molecule has 0 saturated carbocycles. The zero-order valence-electron chi connectivity index (χ0n) is 14.2. The molecule has 0 spiro atoms. The van der Waals surface area contributed by atoms with Crippen molar-refractivity contribution in [2.45, 2.75) is 58.3 Å². The molecule has 119 valence electrons.